The van der Waals surface area contributed by atoms with E-state index >= 15 is 0 Å². The SMILES string of the molecule is COCCOC(=O)C1=C(C)N(C(=O)OC(C)Cl)C(C)=C(C(=O)OC(C)C)C1c1cccc([N+](=O)[O-])c1.COCCOC(=O)C1=C(C)N(C(=O)OCOC(=O)CCC(=N)N)C(C)=C(C(=O)OC(C)C)C1c1cccc([N+](=O)[O-])c1. The van der Waals surface area contributed by atoms with Crippen LogP contribution in [-0.4, -0.2) is 133 Å². The molecule has 4 rings (SSSR count). The van der Waals surface area contributed by atoms with Crippen molar-refractivity contribution in [2.75, 3.05) is 47.4 Å². The van der Waals surface area contributed by atoms with Crippen LogP contribution in [0.2, 0.25) is 0 Å². The van der Waals surface area contributed by atoms with Gasteiger partial charge in [-0.3, -0.25) is 40.2 Å². The zero-order valence-corrected chi connectivity index (χ0v) is 45.6. The number of methoxy groups -OCH3 is 2. The minimum atomic E-state index is -1.22. The number of nitro groups is 2. The summed E-state index contributed by atoms with van der Waals surface area (Å²) in [5.41, 5.74) is 3.87. The largest absolute Gasteiger partial charge is 0.460 e. The highest BCUT2D eigenvalue weighted by Gasteiger charge is 2.45. The van der Waals surface area contributed by atoms with Gasteiger partial charge in [0.05, 0.1) is 81.7 Å². The van der Waals surface area contributed by atoms with Crippen molar-refractivity contribution in [3.05, 3.63) is 125 Å². The number of halogens is 1. The van der Waals surface area contributed by atoms with E-state index in [-0.39, 0.29) is 113 Å². The number of allylic oxidation sites excluding steroid dienone is 4. The van der Waals surface area contributed by atoms with E-state index in [9.17, 15) is 53.8 Å². The number of non-ortho nitro benzene ring substituents is 2. The number of hydrogen-bond donors (Lipinski definition) is 2. The van der Waals surface area contributed by atoms with Gasteiger partial charge in [0, 0.05) is 67.7 Å². The molecule has 0 bridgehead atoms. The Balaban J connectivity index is 0.000000415. The smallest absolute Gasteiger partial charge is 0.421 e. The van der Waals surface area contributed by atoms with Gasteiger partial charge in [-0.1, -0.05) is 35.9 Å². The number of ether oxygens (including phenoxy) is 9. The van der Waals surface area contributed by atoms with Crippen LogP contribution < -0.4 is 5.73 Å². The number of nitrogens with one attached hydrogen (secondary N) is 1. The fourth-order valence-corrected chi connectivity index (χ4v) is 7.95. The Morgan fingerprint density at radius 2 is 0.974 bits per heavy atom. The molecule has 3 atom stereocenters. The summed E-state index contributed by atoms with van der Waals surface area (Å²) in [5.74, 6) is -6.82. The first-order valence-electron chi connectivity index (χ1n) is 23.9. The molecule has 2 aliphatic heterocycles. The number of carbonyl (C=O) groups is 7. The monoisotopic (exact) mass is 1110 g/mol. The molecule has 0 spiro atoms. The first-order chi connectivity index (χ1) is 36.7. The molecule has 2 aliphatic rings. The first-order valence-corrected chi connectivity index (χ1v) is 24.3. The molecule has 0 radical (unpaired) electrons. The number of nitrogens with two attached hydrogens (primary N) is 1. The fraction of sp³-hybridized carbons (Fsp3) is 0.451. The Bertz CT molecular complexity index is 2770. The summed E-state index contributed by atoms with van der Waals surface area (Å²) in [7, 11) is 2.84. The number of benzene rings is 2. The van der Waals surface area contributed by atoms with Crippen LogP contribution in [0.1, 0.15) is 98.1 Å². The van der Waals surface area contributed by atoms with Crippen molar-refractivity contribution in [2.24, 2.45) is 5.73 Å². The number of hydrogen-bond acceptors (Lipinski definition) is 21. The number of carbonyl (C=O) groups excluding carboxylic acids is 7. The molecule has 3 N–H and O–H groups in total. The van der Waals surface area contributed by atoms with E-state index < -0.39 is 88.3 Å². The number of nitro benzene ring substituents is 2. The molecule has 2 aromatic carbocycles. The first kappa shape index (κ1) is 64.1. The molecule has 2 amide bonds. The highest BCUT2D eigenvalue weighted by Crippen LogP contribution is 2.46. The van der Waals surface area contributed by atoms with E-state index in [0.29, 0.717) is 0 Å². The third-order valence-electron chi connectivity index (χ3n) is 11.1. The van der Waals surface area contributed by atoms with Gasteiger partial charge in [0.2, 0.25) is 6.79 Å². The van der Waals surface area contributed by atoms with Gasteiger partial charge in [0.15, 0.2) is 5.56 Å². The molecular weight excluding hydrogens is 1050 g/mol. The van der Waals surface area contributed by atoms with E-state index in [1.54, 1.807) is 27.7 Å². The number of amidine groups is 1. The quantitative estimate of drug-likeness (QED) is 0.0133. The zero-order chi connectivity index (χ0) is 58.7. The lowest BCUT2D eigenvalue weighted by Gasteiger charge is -2.36. The highest BCUT2D eigenvalue weighted by atomic mass is 35.5. The minimum Gasteiger partial charge on any atom is -0.460 e. The topological polar surface area (TPSA) is 345 Å². The number of rotatable bonds is 22. The van der Waals surface area contributed by atoms with Gasteiger partial charge in [-0.25, -0.2) is 28.8 Å². The third-order valence-corrected chi connectivity index (χ3v) is 11.2. The van der Waals surface area contributed by atoms with E-state index in [4.69, 9.17) is 65.4 Å². The summed E-state index contributed by atoms with van der Waals surface area (Å²) in [4.78, 5) is 115. The molecular formula is C51H63ClN6O20. The summed E-state index contributed by atoms with van der Waals surface area (Å²) >= 11 is 5.85. The molecule has 3 unspecified atom stereocenters. The van der Waals surface area contributed by atoms with Crippen molar-refractivity contribution in [1.29, 1.82) is 5.41 Å². The molecule has 0 saturated carbocycles. The van der Waals surface area contributed by atoms with Gasteiger partial charge in [0.1, 0.15) is 13.2 Å². The summed E-state index contributed by atoms with van der Waals surface area (Å²) in [6.45, 7) is 12.8. The molecule has 0 aliphatic carbocycles. The number of alkyl halides is 1. The summed E-state index contributed by atoms with van der Waals surface area (Å²) in [5, 5.41) is 30.2. The van der Waals surface area contributed by atoms with Gasteiger partial charge in [-0.2, -0.15) is 0 Å². The summed E-state index contributed by atoms with van der Waals surface area (Å²) in [6.07, 6.45) is -3.40. The second-order valence-electron chi connectivity index (χ2n) is 17.4. The molecule has 2 heterocycles. The Labute approximate surface area is 453 Å². The molecule has 0 fully saturated rings. The predicted octanol–water partition coefficient (Wildman–Crippen LogP) is 7.44. The van der Waals surface area contributed by atoms with Crippen molar-refractivity contribution >= 4 is 70.8 Å². The molecule has 27 heteroatoms. The molecule has 0 aromatic heterocycles. The van der Waals surface area contributed by atoms with Crippen LogP contribution in [0.4, 0.5) is 21.0 Å². The Morgan fingerprint density at radius 3 is 1.32 bits per heavy atom. The van der Waals surface area contributed by atoms with Crippen LogP contribution in [0.15, 0.2) is 93.6 Å². The Kier molecular flexibility index (Phi) is 24.6. The highest BCUT2D eigenvalue weighted by molar-refractivity contribution is 6.20. The second-order valence-corrected chi connectivity index (χ2v) is 18.0. The number of amides is 2. The summed E-state index contributed by atoms with van der Waals surface area (Å²) < 4.78 is 46.5. The lowest BCUT2D eigenvalue weighted by atomic mass is 9.79. The Morgan fingerprint density at radius 1 is 0.590 bits per heavy atom. The van der Waals surface area contributed by atoms with Crippen LogP contribution in [0.5, 0.6) is 0 Å². The van der Waals surface area contributed by atoms with Crippen molar-refractivity contribution in [3.63, 3.8) is 0 Å². The maximum absolute atomic E-state index is 13.5. The van der Waals surface area contributed by atoms with Gasteiger partial charge >= 0.3 is 42.0 Å². The second kappa shape index (κ2) is 29.9. The molecule has 2 aromatic rings. The standard InChI is InChI=1S/C27H34N4O11.C24H29ClN2O9/c1-15(2)42-26(34)23-17(4)30(27(35)41-14-40-21(32)10-9-20(28)29)16(3)22(25(33)39-12-11-38-5)24(23)18-7-6-8-19(13-18)31(36)37;1-13(2)35-23(29)20-15(4)26(24(30)36-16(5)25)14(3)19(22(28)34-11-10-33-6)21(20)17-8-7-9-18(12-17)27(31)32/h6-8,13,15,24H,9-12,14H2,1-5H3,(H3,28,29);7-9,12-13,16,21H,10-11H2,1-6H3. The zero-order valence-electron chi connectivity index (χ0n) is 44.9. The molecule has 78 heavy (non-hydrogen) atoms. The lowest BCUT2D eigenvalue weighted by Crippen LogP contribution is -2.39. The molecule has 424 valence electrons. The average molecular weight is 1120 g/mol. The van der Waals surface area contributed by atoms with Crippen LogP contribution in [0.3, 0.4) is 0 Å². The number of nitrogens with zero attached hydrogens (tertiary/aromatic N) is 4. The van der Waals surface area contributed by atoms with Gasteiger partial charge in [0.25, 0.3) is 11.4 Å². The fourth-order valence-electron chi connectivity index (χ4n) is 7.88. The van der Waals surface area contributed by atoms with Crippen molar-refractivity contribution < 1.29 is 86.0 Å². The Hall–Kier alpha value is -8.23. The van der Waals surface area contributed by atoms with Crippen LogP contribution >= 0.6 is 11.6 Å². The minimum absolute atomic E-state index is 0.000395. The lowest BCUT2D eigenvalue weighted by molar-refractivity contribution is -0.385. The summed E-state index contributed by atoms with van der Waals surface area (Å²) in [6, 6.07) is 10.9. The van der Waals surface area contributed by atoms with Crippen LogP contribution in [0.25, 0.3) is 0 Å². The van der Waals surface area contributed by atoms with Crippen LogP contribution in [0, 0.1) is 25.6 Å². The average Bonchev–Trinajstić information content (AvgIpc) is 3.42. The molecule has 0 saturated heterocycles. The predicted molar refractivity (Wildman–Crippen MR) is 275 cm³/mol. The van der Waals surface area contributed by atoms with E-state index in [0.717, 1.165) is 9.80 Å². The van der Waals surface area contributed by atoms with Crippen molar-refractivity contribution in [1.82, 2.24) is 9.80 Å². The van der Waals surface area contributed by atoms with Gasteiger partial charge in [-0.15, -0.1) is 0 Å². The van der Waals surface area contributed by atoms with Gasteiger partial charge in [-0.05, 0) is 73.4 Å². The van der Waals surface area contributed by atoms with E-state index in [1.165, 1.54) is 97.4 Å². The van der Waals surface area contributed by atoms with E-state index in [2.05, 4.69) is 0 Å². The van der Waals surface area contributed by atoms with E-state index in [1.807, 2.05) is 0 Å². The molecule has 26 nitrogen and oxygen atoms in total. The van der Waals surface area contributed by atoms with Crippen LogP contribution in [-0.2, 0) is 66.6 Å². The maximum atomic E-state index is 13.5. The van der Waals surface area contributed by atoms with Crippen molar-refractivity contribution in [2.45, 2.75) is 105 Å². The van der Waals surface area contributed by atoms with Gasteiger partial charge < -0.3 is 48.4 Å². The number of esters is 5. The normalized spacial score (nSPS) is 15.7. The maximum Gasteiger partial charge on any atom is 0.421 e. The third kappa shape index (κ3) is 17.1. The van der Waals surface area contributed by atoms with Crippen molar-refractivity contribution in [3.8, 4) is 0 Å².